The molecular formula is C23H24N2O7S. The Balaban J connectivity index is 1.55. The highest BCUT2D eigenvalue weighted by Crippen LogP contribution is 2.29. The monoisotopic (exact) mass is 472 g/mol. The first-order valence-electron chi connectivity index (χ1n) is 10.4. The Labute approximate surface area is 191 Å². The Hall–Kier alpha value is -3.21. The number of sulfonamides is 1. The fraction of sp³-hybridized carbons (Fsp3) is 0.304. The number of nitrogens with zero attached hydrogens (tertiary/aromatic N) is 1. The van der Waals surface area contributed by atoms with Crippen LogP contribution in [0.25, 0.3) is 11.0 Å². The Morgan fingerprint density at radius 1 is 1.12 bits per heavy atom. The Morgan fingerprint density at radius 3 is 2.61 bits per heavy atom. The minimum atomic E-state index is -3.80. The number of fused-ring (bicyclic) bond motifs is 1. The lowest BCUT2D eigenvalue weighted by molar-refractivity contribution is -0.115. The normalized spacial score (nSPS) is 14.8. The molecule has 1 aliphatic heterocycles. The summed E-state index contributed by atoms with van der Waals surface area (Å²) < 4.78 is 43.3. The van der Waals surface area contributed by atoms with Gasteiger partial charge in [0.2, 0.25) is 15.9 Å². The van der Waals surface area contributed by atoms with Crippen molar-refractivity contribution in [2.45, 2.75) is 18.2 Å². The molecule has 4 rings (SSSR count). The van der Waals surface area contributed by atoms with Gasteiger partial charge >= 0.3 is 5.63 Å². The zero-order valence-corrected chi connectivity index (χ0v) is 19.1. The van der Waals surface area contributed by atoms with Crippen molar-refractivity contribution in [1.29, 1.82) is 0 Å². The van der Waals surface area contributed by atoms with Gasteiger partial charge in [0.15, 0.2) is 0 Å². The number of nitrogens with one attached hydrogen (secondary N) is 1. The fourth-order valence-corrected chi connectivity index (χ4v) is 5.37. The second-order valence-electron chi connectivity index (χ2n) is 7.69. The first kappa shape index (κ1) is 23.0. The molecule has 33 heavy (non-hydrogen) atoms. The van der Waals surface area contributed by atoms with Crippen LogP contribution in [0.4, 0.5) is 5.69 Å². The molecule has 2 heterocycles. The topological polar surface area (TPSA) is 115 Å². The standard InChI is InChI=1S/C23H24N2O7S/c1-15-11-23(27)32-20-14-17(4-5-18(15)20)24-22(26)13-16-3-6-19(30-2)21(12-16)33(28,29)25-7-9-31-10-8-25/h3-6,11-12,14H,7-10,13H2,1-2H3,(H,24,26). The molecule has 0 spiro atoms. The molecule has 1 N–H and O–H groups in total. The number of morpholine rings is 1. The van der Waals surface area contributed by atoms with Crippen LogP contribution in [0.5, 0.6) is 5.75 Å². The number of benzene rings is 2. The smallest absolute Gasteiger partial charge is 0.336 e. The van der Waals surface area contributed by atoms with Gasteiger partial charge in [-0.2, -0.15) is 4.31 Å². The molecule has 0 bridgehead atoms. The van der Waals surface area contributed by atoms with Gasteiger partial charge in [-0.3, -0.25) is 4.79 Å². The van der Waals surface area contributed by atoms with Gasteiger partial charge in [0.25, 0.3) is 0 Å². The Morgan fingerprint density at radius 2 is 1.88 bits per heavy atom. The molecular weight excluding hydrogens is 448 g/mol. The van der Waals surface area contributed by atoms with Crippen molar-refractivity contribution >= 4 is 32.6 Å². The number of ether oxygens (including phenoxy) is 2. The Kier molecular flexibility index (Phi) is 6.50. The summed E-state index contributed by atoms with van der Waals surface area (Å²) in [5.74, 6) is -0.130. The van der Waals surface area contributed by atoms with Crippen LogP contribution in [-0.4, -0.2) is 52.0 Å². The average Bonchev–Trinajstić information content (AvgIpc) is 2.79. The summed E-state index contributed by atoms with van der Waals surface area (Å²) in [6.07, 6.45) is -0.0502. The highest BCUT2D eigenvalue weighted by molar-refractivity contribution is 7.89. The van der Waals surface area contributed by atoms with Gasteiger partial charge in [-0.05, 0) is 42.3 Å². The van der Waals surface area contributed by atoms with Crippen molar-refractivity contribution in [3.05, 3.63) is 64.0 Å². The lowest BCUT2D eigenvalue weighted by Gasteiger charge is -2.26. The first-order chi connectivity index (χ1) is 15.8. The van der Waals surface area contributed by atoms with E-state index in [1.165, 1.54) is 23.5 Å². The van der Waals surface area contributed by atoms with Gasteiger partial charge in [0, 0.05) is 36.3 Å². The van der Waals surface area contributed by atoms with Crippen LogP contribution < -0.4 is 15.7 Å². The number of methoxy groups -OCH3 is 1. The predicted molar refractivity (Wildman–Crippen MR) is 122 cm³/mol. The lowest BCUT2D eigenvalue weighted by atomic mass is 10.1. The summed E-state index contributed by atoms with van der Waals surface area (Å²) in [6.45, 7) is 2.98. The largest absolute Gasteiger partial charge is 0.495 e. The number of carbonyl (C=O) groups excluding carboxylic acids is 1. The highest BCUT2D eigenvalue weighted by atomic mass is 32.2. The van der Waals surface area contributed by atoms with E-state index in [-0.39, 0.29) is 36.1 Å². The predicted octanol–water partition coefficient (Wildman–Crippen LogP) is 2.31. The van der Waals surface area contributed by atoms with Crippen LogP contribution in [0.3, 0.4) is 0 Å². The number of carbonyl (C=O) groups is 1. The summed E-state index contributed by atoms with van der Waals surface area (Å²) in [5.41, 5.74) is 1.68. The van der Waals surface area contributed by atoms with Crippen molar-refractivity contribution in [3.8, 4) is 5.75 Å². The third-order valence-corrected chi connectivity index (χ3v) is 7.34. The third kappa shape index (κ3) is 4.92. The summed E-state index contributed by atoms with van der Waals surface area (Å²) in [5, 5.41) is 3.54. The van der Waals surface area contributed by atoms with Crippen molar-refractivity contribution in [2.24, 2.45) is 0 Å². The molecule has 0 aliphatic carbocycles. The minimum Gasteiger partial charge on any atom is -0.495 e. The summed E-state index contributed by atoms with van der Waals surface area (Å²) in [6, 6.07) is 11.1. The van der Waals surface area contributed by atoms with E-state index in [2.05, 4.69) is 5.32 Å². The molecule has 3 aromatic rings. The van der Waals surface area contributed by atoms with Gasteiger partial charge in [-0.25, -0.2) is 13.2 Å². The molecule has 9 nitrogen and oxygen atoms in total. The quantitative estimate of drug-likeness (QED) is 0.548. The van der Waals surface area contributed by atoms with E-state index in [0.717, 1.165) is 10.9 Å². The van der Waals surface area contributed by atoms with Crippen LogP contribution in [0.2, 0.25) is 0 Å². The molecule has 1 fully saturated rings. The molecule has 1 saturated heterocycles. The number of amides is 1. The number of rotatable bonds is 6. The van der Waals surface area contributed by atoms with Crippen molar-refractivity contribution in [3.63, 3.8) is 0 Å². The van der Waals surface area contributed by atoms with E-state index in [1.807, 2.05) is 6.92 Å². The van der Waals surface area contributed by atoms with E-state index in [9.17, 15) is 18.0 Å². The second-order valence-corrected chi connectivity index (χ2v) is 9.59. The van der Waals surface area contributed by atoms with E-state index < -0.39 is 15.6 Å². The zero-order valence-electron chi connectivity index (χ0n) is 18.3. The van der Waals surface area contributed by atoms with E-state index in [4.69, 9.17) is 13.9 Å². The van der Waals surface area contributed by atoms with Gasteiger partial charge in [-0.1, -0.05) is 6.07 Å². The fourth-order valence-electron chi connectivity index (χ4n) is 3.75. The molecule has 1 aromatic heterocycles. The Bertz CT molecular complexity index is 1360. The van der Waals surface area contributed by atoms with Crippen LogP contribution in [0.15, 0.2) is 56.6 Å². The van der Waals surface area contributed by atoms with Gasteiger partial charge in [0.05, 0.1) is 26.7 Å². The van der Waals surface area contributed by atoms with Crippen LogP contribution >= 0.6 is 0 Å². The molecule has 1 amide bonds. The van der Waals surface area contributed by atoms with Crippen molar-refractivity contribution in [2.75, 3.05) is 38.7 Å². The molecule has 0 radical (unpaired) electrons. The number of aryl methyl sites for hydroxylation is 1. The second kappa shape index (κ2) is 9.34. The maximum absolute atomic E-state index is 13.1. The number of anilines is 1. The first-order valence-corrected chi connectivity index (χ1v) is 11.8. The van der Waals surface area contributed by atoms with E-state index in [1.54, 1.807) is 30.3 Å². The van der Waals surface area contributed by atoms with Crippen molar-refractivity contribution in [1.82, 2.24) is 4.31 Å². The van der Waals surface area contributed by atoms with Crippen LogP contribution in [0.1, 0.15) is 11.1 Å². The molecule has 10 heteroatoms. The van der Waals surface area contributed by atoms with Crippen LogP contribution in [0, 0.1) is 6.92 Å². The van der Waals surface area contributed by atoms with Crippen molar-refractivity contribution < 1.29 is 27.1 Å². The SMILES string of the molecule is COc1ccc(CC(=O)Nc2ccc3c(C)cc(=O)oc3c2)cc1S(=O)(=O)N1CCOCC1. The lowest BCUT2D eigenvalue weighted by Crippen LogP contribution is -2.40. The summed E-state index contributed by atoms with van der Waals surface area (Å²) in [7, 11) is -2.40. The van der Waals surface area contributed by atoms with Gasteiger partial charge in [-0.15, -0.1) is 0 Å². The summed E-state index contributed by atoms with van der Waals surface area (Å²) >= 11 is 0. The zero-order chi connectivity index (χ0) is 23.6. The highest BCUT2D eigenvalue weighted by Gasteiger charge is 2.29. The molecule has 174 valence electrons. The average molecular weight is 473 g/mol. The maximum atomic E-state index is 13.1. The molecule has 0 saturated carbocycles. The van der Waals surface area contributed by atoms with Crippen LogP contribution in [-0.2, 0) is 26.0 Å². The minimum absolute atomic E-state index is 0.0140. The van der Waals surface area contributed by atoms with E-state index >= 15 is 0 Å². The number of hydrogen-bond acceptors (Lipinski definition) is 7. The number of hydrogen-bond donors (Lipinski definition) is 1. The summed E-state index contributed by atoms with van der Waals surface area (Å²) in [4.78, 5) is 24.3. The van der Waals surface area contributed by atoms with Gasteiger partial charge < -0.3 is 19.2 Å². The maximum Gasteiger partial charge on any atom is 0.336 e. The molecule has 0 atom stereocenters. The third-order valence-electron chi connectivity index (χ3n) is 5.42. The molecule has 1 aliphatic rings. The molecule has 0 unspecified atom stereocenters. The van der Waals surface area contributed by atoms with Gasteiger partial charge in [0.1, 0.15) is 16.2 Å². The molecule has 2 aromatic carbocycles. The van der Waals surface area contributed by atoms with E-state index in [0.29, 0.717) is 30.0 Å².